The molecule has 2 aromatic heterocycles. The molecule has 7 nitrogen and oxygen atoms in total. The maximum absolute atomic E-state index is 12.3. The van der Waals surface area contributed by atoms with Gasteiger partial charge in [0.15, 0.2) is 0 Å². The summed E-state index contributed by atoms with van der Waals surface area (Å²) in [5.41, 5.74) is 0.836. The number of amides is 1. The van der Waals surface area contributed by atoms with Crippen LogP contribution in [0.2, 0.25) is 0 Å². The van der Waals surface area contributed by atoms with E-state index in [-0.39, 0.29) is 11.6 Å². The van der Waals surface area contributed by atoms with Crippen LogP contribution in [0.3, 0.4) is 0 Å². The molecule has 0 aliphatic rings. The van der Waals surface area contributed by atoms with Gasteiger partial charge in [0.1, 0.15) is 17.8 Å². The second kappa shape index (κ2) is 6.04. The minimum Gasteiger partial charge on any atom is -0.495 e. The minimum atomic E-state index is -0.340. The van der Waals surface area contributed by atoms with E-state index in [2.05, 4.69) is 20.3 Å². The van der Waals surface area contributed by atoms with Gasteiger partial charge in [0.2, 0.25) is 5.95 Å². The maximum Gasteiger partial charge on any atom is 0.274 e. The molecule has 0 aliphatic heterocycles. The first kappa shape index (κ1) is 13.7. The lowest BCUT2D eigenvalue weighted by molar-refractivity contribution is 0.102. The summed E-state index contributed by atoms with van der Waals surface area (Å²) in [5.74, 6) is 0.623. The van der Waals surface area contributed by atoms with Crippen molar-refractivity contribution in [3.8, 4) is 11.7 Å². The van der Waals surface area contributed by atoms with E-state index in [0.717, 1.165) is 0 Å². The fourth-order valence-electron chi connectivity index (χ4n) is 1.91. The van der Waals surface area contributed by atoms with Crippen molar-refractivity contribution in [2.45, 2.75) is 0 Å². The largest absolute Gasteiger partial charge is 0.495 e. The van der Waals surface area contributed by atoms with Crippen LogP contribution in [0.25, 0.3) is 5.95 Å². The summed E-state index contributed by atoms with van der Waals surface area (Å²) in [6.45, 7) is 0. The SMILES string of the molecule is COc1ccccc1NC(=O)c1ccnc(-n2ccnc2)n1. The van der Waals surface area contributed by atoms with Crippen LogP contribution in [0, 0.1) is 0 Å². The molecule has 0 spiro atoms. The maximum atomic E-state index is 12.3. The van der Waals surface area contributed by atoms with Gasteiger partial charge in [-0.1, -0.05) is 12.1 Å². The normalized spacial score (nSPS) is 10.2. The average molecular weight is 295 g/mol. The van der Waals surface area contributed by atoms with Crippen LogP contribution in [0.4, 0.5) is 5.69 Å². The number of anilines is 1. The molecule has 0 bridgehead atoms. The molecule has 1 N–H and O–H groups in total. The molecule has 0 unspecified atom stereocenters. The monoisotopic (exact) mass is 295 g/mol. The van der Waals surface area contributed by atoms with Crippen LogP contribution in [-0.4, -0.2) is 32.5 Å². The summed E-state index contributed by atoms with van der Waals surface area (Å²) >= 11 is 0. The molecule has 0 radical (unpaired) electrons. The summed E-state index contributed by atoms with van der Waals surface area (Å²) in [6.07, 6.45) is 6.42. The molecule has 0 aliphatic carbocycles. The average Bonchev–Trinajstić information content (AvgIpc) is 3.10. The summed E-state index contributed by atoms with van der Waals surface area (Å²) in [4.78, 5) is 24.6. The van der Waals surface area contributed by atoms with Gasteiger partial charge in [-0.3, -0.25) is 9.36 Å². The predicted octanol–water partition coefficient (Wildman–Crippen LogP) is 1.92. The number of aromatic nitrogens is 4. The molecule has 22 heavy (non-hydrogen) atoms. The molecule has 0 saturated heterocycles. The zero-order valence-corrected chi connectivity index (χ0v) is 11.8. The topological polar surface area (TPSA) is 81.9 Å². The lowest BCUT2D eigenvalue weighted by Crippen LogP contribution is -2.15. The van der Waals surface area contributed by atoms with Crippen LogP contribution in [-0.2, 0) is 0 Å². The van der Waals surface area contributed by atoms with Crippen LogP contribution in [0.1, 0.15) is 10.5 Å². The van der Waals surface area contributed by atoms with Crippen LogP contribution in [0.5, 0.6) is 5.75 Å². The number of methoxy groups -OCH3 is 1. The van der Waals surface area contributed by atoms with E-state index in [9.17, 15) is 4.79 Å². The second-order valence-electron chi connectivity index (χ2n) is 4.37. The highest BCUT2D eigenvalue weighted by Crippen LogP contribution is 2.23. The van der Waals surface area contributed by atoms with Crippen molar-refractivity contribution in [2.24, 2.45) is 0 Å². The molecule has 0 atom stereocenters. The third kappa shape index (κ3) is 2.78. The smallest absolute Gasteiger partial charge is 0.274 e. The molecule has 3 aromatic rings. The fraction of sp³-hybridized carbons (Fsp3) is 0.0667. The number of ether oxygens (including phenoxy) is 1. The molecule has 7 heteroatoms. The Morgan fingerprint density at radius 2 is 2.09 bits per heavy atom. The number of hydrogen-bond acceptors (Lipinski definition) is 5. The summed E-state index contributed by atoms with van der Waals surface area (Å²) < 4.78 is 6.83. The third-order valence-electron chi connectivity index (χ3n) is 2.97. The molecule has 0 fully saturated rings. The van der Waals surface area contributed by atoms with Crippen LogP contribution in [0.15, 0.2) is 55.2 Å². The molecular weight excluding hydrogens is 282 g/mol. The standard InChI is InChI=1S/C15H13N5O2/c1-22-13-5-3-2-4-11(13)18-14(21)12-6-7-17-15(19-12)20-9-8-16-10-20/h2-10H,1H3,(H,18,21). The molecule has 3 rings (SSSR count). The van der Waals surface area contributed by atoms with E-state index in [1.165, 1.54) is 6.20 Å². The van der Waals surface area contributed by atoms with E-state index in [1.807, 2.05) is 12.1 Å². The Morgan fingerprint density at radius 1 is 1.23 bits per heavy atom. The Bertz CT molecular complexity index is 786. The van der Waals surface area contributed by atoms with Crippen molar-refractivity contribution < 1.29 is 9.53 Å². The number of carbonyl (C=O) groups excluding carboxylic acids is 1. The number of rotatable bonds is 4. The van der Waals surface area contributed by atoms with Gasteiger partial charge in [-0.15, -0.1) is 0 Å². The lowest BCUT2D eigenvalue weighted by atomic mass is 10.2. The first-order valence-corrected chi connectivity index (χ1v) is 6.53. The Kier molecular flexibility index (Phi) is 3.78. The number of imidazole rings is 1. The van der Waals surface area contributed by atoms with E-state index in [0.29, 0.717) is 17.4 Å². The molecule has 110 valence electrons. The highest BCUT2D eigenvalue weighted by Gasteiger charge is 2.12. The molecule has 0 saturated carbocycles. The van der Waals surface area contributed by atoms with Crippen molar-refractivity contribution in [3.05, 3.63) is 60.9 Å². The number of nitrogens with one attached hydrogen (secondary N) is 1. The lowest BCUT2D eigenvalue weighted by Gasteiger charge is -2.09. The van der Waals surface area contributed by atoms with Crippen LogP contribution < -0.4 is 10.1 Å². The van der Waals surface area contributed by atoms with E-state index in [4.69, 9.17) is 4.74 Å². The Hall–Kier alpha value is -3.22. The van der Waals surface area contributed by atoms with Crippen molar-refractivity contribution in [2.75, 3.05) is 12.4 Å². The molecule has 1 amide bonds. The van der Waals surface area contributed by atoms with Gasteiger partial charge in [-0.25, -0.2) is 15.0 Å². The van der Waals surface area contributed by atoms with Gasteiger partial charge in [0, 0.05) is 18.6 Å². The van der Waals surface area contributed by atoms with Crippen molar-refractivity contribution in [3.63, 3.8) is 0 Å². The summed E-state index contributed by atoms with van der Waals surface area (Å²) in [5, 5.41) is 2.77. The van der Waals surface area contributed by atoms with Gasteiger partial charge >= 0.3 is 0 Å². The number of para-hydroxylation sites is 2. The highest BCUT2D eigenvalue weighted by atomic mass is 16.5. The van der Waals surface area contributed by atoms with Crippen molar-refractivity contribution >= 4 is 11.6 Å². The zero-order chi connectivity index (χ0) is 15.4. The van der Waals surface area contributed by atoms with Crippen LogP contribution >= 0.6 is 0 Å². The summed E-state index contributed by atoms with van der Waals surface area (Å²) in [6, 6.07) is 8.72. The Labute approximate surface area is 126 Å². The number of nitrogens with zero attached hydrogens (tertiary/aromatic N) is 4. The predicted molar refractivity (Wildman–Crippen MR) is 80.1 cm³/mol. The first-order valence-electron chi connectivity index (χ1n) is 6.53. The summed E-state index contributed by atoms with van der Waals surface area (Å²) in [7, 11) is 1.55. The van der Waals surface area contributed by atoms with Gasteiger partial charge in [0.25, 0.3) is 5.91 Å². The Morgan fingerprint density at radius 3 is 2.86 bits per heavy atom. The molecular formula is C15H13N5O2. The highest BCUT2D eigenvalue weighted by molar-refractivity contribution is 6.03. The fourth-order valence-corrected chi connectivity index (χ4v) is 1.91. The van der Waals surface area contributed by atoms with E-state index < -0.39 is 0 Å². The number of hydrogen-bond donors (Lipinski definition) is 1. The van der Waals surface area contributed by atoms with Crippen molar-refractivity contribution in [1.29, 1.82) is 0 Å². The second-order valence-corrected chi connectivity index (χ2v) is 4.37. The quantitative estimate of drug-likeness (QED) is 0.795. The van der Waals surface area contributed by atoms with Gasteiger partial charge < -0.3 is 10.1 Å². The molecule has 1 aromatic carbocycles. The minimum absolute atomic E-state index is 0.254. The van der Waals surface area contributed by atoms with Gasteiger partial charge in [0.05, 0.1) is 12.8 Å². The van der Waals surface area contributed by atoms with E-state index >= 15 is 0 Å². The Balaban J connectivity index is 1.85. The zero-order valence-electron chi connectivity index (χ0n) is 11.8. The number of carbonyl (C=O) groups is 1. The van der Waals surface area contributed by atoms with Gasteiger partial charge in [-0.2, -0.15) is 0 Å². The van der Waals surface area contributed by atoms with E-state index in [1.54, 1.807) is 48.6 Å². The number of benzene rings is 1. The van der Waals surface area contributed by atoms with Crippen molar-refractivity contribution in [1.82, 2.24) is 19.5 Å². The van der Waals surface area contributed by atoms with Gasteiger partial charge in [-0.05, 0) is 18.2 Å². The first-order chi connectivity index (χ1) is 10.8. The molecule has 2 heterocycles. The third-order valence-corrected chi connectivity index (χ3v) is 2.97.